The third-order valence-corrected chi connectivity index (χ3v) is 3.82. The molecule has 1 aromatic carbocycles. The van der Waals surface area contributed by atoms with Crippen LogP contribution in [-0.2, 0) is 10.2 Å². The van der Waals surface area contributed by atoms with E-state index < -0.39 is 0 Å². The summed E-state index contributed by atoms with van der Waals surface area (Å²) in [5.41, 5.74) is 2.89. The number of morpholine rings is 1. The molecular weight excluding hydrogens is 234 g/mol. The SMILES string of the molecule is CCCC1CNCC(c2ccc(C(C)(C)C)cc2)O1. The third-order valence-electron chi connectivity index (χ3n) is 3.82. The van der Waals surface area contributed by atoms with Gasteiger partial charge in [-0.1, -0.05) is 58.4 Å². The van der Waals surface area contributed by atoms with Crippen molar-refractivity contribution in [1.29, 1.82) is 0 Å². The zero-order valence-corrected chi connectivity index (χ0v) is 12.7. The van der Waals surface area contributed by atoms with Gasteiger partial charge in [0.25, 0.3) is 0 Å². The first-order valence-corrected chi connectivity index (χ1v) is 7.47. The van der Waals surface area contributed by atoms with Gasteiger partial charge in [-0.3, -0.25) is 0 Å². The van der Waals surface area contributed by atoms with Gasteiger partial charge in [-0.05, 0) is 23.0 Å². The average molecular weight is 261 g/mol. The summed E-state index contributed by atoms with van der Waals surface area (Å²) in [6.45, 7) is 10.9. The summed E-state index contributed by atoms with van der Waals surface area (Å²) in [5.74, 6) is 0. The van der Waals surface area contributed by atoms with Gasteiger partial charge in [0.05, 0.1) is 12.2 Å². The van der Waals surface area contributed by atoms with Gasteiger partial charge in [-0.2, -0.15) is 0 Å². The van der Waals surface area contributed by atoms with Crippen LogP contribution in [0.3, 0.4) is 0 Å². The molecule has 0 radical (unpaired) electrons. The monoisotopic (exact) mass is 261 g/mol. The van der Waals surface area contributed by atoms with Crippen LogP contribution in [-0.4, -0.2) is 19.2 Å². The highest BCUT2D eigenvalue weighted by Crippen LogP contribution is 2.27. The molecule has 1 aromatic rings. The molecule has 1 aliphatic heterocycles. The fourth-order valence-corrected chi connectivity index (χ4v) is 2.59. The highest BCUT2D eigenvalue weighted by molar-refractivity contribution is 5.29. The fourth-order valence-electron chi connectivity index (χ4n) is 2.59. The molecule has 1 N–H and O–H groups in total. The topological polar surface area (TPSA) is 21.3 Å². The number of ether oxygens (including phenoxy) is 1. The first-order chi connectivity index (χ1) is 9.00. The van der Waals surface area contributed by atoms with Gasteiger partial charge in [-0.15, -0.1) is 0 Å². The van der Waals surface area contributed by atoms with Crippen molar-refractivity contribution < 1.29 is 4.74 Å². The van der Waals surface area contributed by atoms with Crippen LogP contribution in [0, 0.1) is 0 Å². The van der Waals surface area contributed by atoms with Gasteiger partial charge in [0.2, 0.25) is 0 Å². The van der Waals surface area contributed by atoms with Crippen LogP contribution in [0.15, 0.2) is 24.3 Å². The fraction of sp³-hybridized carbons (Fsp3) is 0.647. The molecule has 2 rings (SSSR count). The van der Waals surface area contributed by atoms with Gasteiger partial charge in [-0.25, -0.2) is 0 Å². The summed E-state index contributed by atoms with van der Waals surface area (Å²) < 4.78 is 6.18. The van der Waals surface area contributed by atoms with Gasteiger partial charge in [0, 0.05) is 13.1 Å². The molecule has 2 atom stereocenters. The second kappa shape index (κ2) is 6.06. The Morgan fingerprint density at radius 1 is 1.16 bits per heavy atom. The summed E-state index contributed by atoms with van der Waals surface area (Å²) in [7, 11) is 0. The van der Waals surface area contributed by atoms with Crippen LogP contribution in [0.5, 0.6) is 0 Å². The first-order valence-electron chi connectivity index (χ1n) is 7.47. The molecule has 0 saturated carbocycles. The number of nitrogens with one attached hydrogen (secondary N) is 1. The molecule has 1 saturated heterocycles. The van der Waals surface area contributed by atoms with E-state index in [1.54, 1.807) is 0 Å². The molecule has 0 bridgehead atoms. The lowest BCUT2D eigenvalue weighted by molar-refractivity contribution is -0.0425. The number of benzene rings is 1. The molecule has 0 aromatic heterocycles. The molecule has 2 nitrogen and oxygen atoms in total. The summed E-state index contributed by atoms with van der Waals surface area (Å²) in [6, 6.07) is 8.92. The predicted octanol–water partition coefficient (Wildman–Crippen LogP) is 3.81. The Kier molecular flexibility index (Phi) is 4.64. The Bertz CT molecular complexity index is 389. The minimum Gasteiger partial charge on any atom is -0.368 e. The van der Waals surface area contributed by atoms with Crippen molar-refractivity contribution in [3.63, 3.8) is 0 Å². The maximum absolute atomic E-state index is 6.18. The van der Waals surface area contributed by atoms with Gasteiger partial charge in [0.1, 0.15) is 0 Å². The molecule has 0 amide bonds. The summed E-state index contributed by atoms with van der Waals surface area (Å²) >= 11 is 0. The normalized spacial score (nSPS) is 24.4. The Morgan fingerprint density at radius 3 is 2.42 bits per heavy atom. The van der Waals surface area contributed by atoms with Crippen LogP contribution in [0.1, 0.15) is 57.8 Å². The summed E-state index contributed by atoms with van der Waals surface area (Å²) in [6.07, 6.45) is 2.90. The van der Waals surface area contributed by atoms with E-state index in [2.05, 4.69) is 57.3 Å². The molecule has 0 spiro atoms. The van der Waals surface area contributed by atoms with E-state index >= 15 is 0 Å². The van der Waals surface area contributed by atoms with E-state index in [1.165, 1.54) is 17.5 Å². The number of hydrogen-bond acceptors (Lipinski definition) is 2. The molecule has 1 fully saturated rings. The molecule has 1 aliphatic rings. The predicted molar refractivity (Wildman–Crippen MR) is 80.5 cm³/mol. The van der Waals surface area contributed by atoms with Gasteiger partial charge in [0.15, 0.2) is 0 Å². The van der Waals surface area contributed by atoms with E-state index in [0.717, 1.165) is 19.5 Å². The highest BCUT2D eigenvalue weighted by Gasteiger charge is 2.23. The van der Waals surface area contributed by atoms with Crippen molar-refractivity contribution in [2.24, 2.45) is 0 Å². The second-order valence-corrected chi connectivity index (χ2v) is 6.57. The van der Waals surface area contributed by atoms with E-state index in [0.29, 0.717) is 6.10 Å². The third kappa shape index (κ3) is 3.80. The highest BCUT2D eigenvalue weighted by atomic mass is 16.5. The Labute approximate surface area is 117 Å². The summed E-state index contributed by atoms with van der Waals surface area (Å²) in [4.78, 5) is 0. The standard InChI is InChI=1S/C17H27NO/c1-5-6-15-11-18-12-16(19-15)13-7-9-14(10-8-13)17(2,3)4/h7-10,15-16,18H,5-6,11-12H2,1-4H3. The van der Waals surface area contributed by atoms with E-state index in [4.69, 9.17) is 4.74 Å². The van der Waals surface area contributed by atoms with Crippen LogP contribution in [0.4, 0.5) is 0 Å². The van der Waals surface area contributed by atoms with Crippen molar-refractivity contribution in [3.05, 3.63) is 35.4 Å². The maximum Gasteiger partial charge on any atom is 0.0953 e. The molecular formula is C17H27NO. The number of hydrogen-bond donors (Lipinski definition) is 1. The van der Waals surface area contributed by atoms with Crippen molar-refractivity contribution in [3.8, 4) is 0 Å². The molecule has 1 heterocycles. The molecule has 0 aliphatic carbocycles. The van der Waals surface area contributed by atoms with Crippen LogP contribution < -0.4 is 5.32 Å². The Balaban J connectivity index is 2.05. The van der Waals surface area contributed by atoms with Crippen molar-refractivity contribution in [2.75, 3.05) is 13.1 Å². The van der Waals surface area contributed by atoms with Crippen molar-refractivity contribution >= 4 is 0 Å². The van der Waals surface area contributed by atoms with Crippen LogP contribution >= 0.6 is 0 Å². The first kappa shape index (κ1) is 14.5. The van der Waals surface area contributed by atoms with E-state index in [-0.39, 0.29) is 11.5 Å². The largest absolute Gasteiger partial charge is 0.368 e. The molecule has 2 heteroatoms. The summed E-state index contributed by atoms with van der Waals surface area (Å²) in [5, 5.41) is 3.49. The molecule has 106 valence electrons. The van der Waals surface area contributed by atoms with Gasteiger partial charge >= 0.3 is 0 Å². The quantitative estimate of drug-likeness (QED) is 0.893. The zero-order chi connectivity index (χ0) is 13.9. The lowest BCUT2D eigenvalue weighted by Crippen LogP contribution is -2.40. The van der Waals surface area contributed by atoms with Gasteiger partial charge < -0.3 is 10.1 Å². The van der Waals surface area contributed by atoms with Crippen molar-refractivity contribution in [1.82, 2.24) is 5.32 Å². The minimum absolute atomic E-state index is 0.208. The van der Waals surface area contributed by atoms with E-state index in [9.17, 15) is 0 Å². The Hall–Kier alpha value is -0.860. The molecule has 2 unspecified atom stereocenters. The van der Waals surface area contributed by atoms with Crippen LogP contribution in [0.2, 0.25) is 0 Å². The molecule has 19 heavy (non-hydrogen) atoms. The number of rotatable bonds is 3. The van der Waals surface area contributed by atoms with Crippen LogP contribution in [0.25, 0.3) is 0 Å². The lowest BCUT2D eigenvalue weighted by atomic mass is 9.86. The van der Waals surface area contributed by atoms with Crippen molar-refractivity contribution in [2.45, 2.75) is 58.2 Å². The Morgan fingerprint density at radius 2 is 1.84 bits per heavy atom. The lowest BCUT2D eigenvalue weighted by Gasteiger charge is -2.31. The smallest absolute Gasteiger partial charge is 0.0953 e. The van der Waals surface area contributed by atoms with E-state index in [1.807, 2.05) is 0 Å². The maximum atomic E-state index is 6.18. The second-order valence-electron chi connectivity index (χ2n) is 6.57. The average Bonchev–Trinajstić information content (AvgIpc) is 2.39. The zero-order valence-electron chi connectivity index (χ0n) is 12.7. The minimum atomic E-state index is 0.208.